The van der Waals surface area contributed by atoms with Gasteiger partial charge in [0.1, 0.15) is 5.65 Å². The van der Waals surface area contributed by atoms with Crippen LogP contribution in [0.2, 0.25) is 0 Å². The number of hydrogen-bond donors (Lipinski definition) is 0. The predicted octanol–water partition coefficient (Wildman–Crippen LogP) is 6.04. The first kappa shape index (κ1) is 15.5. The Morgan fingerprint density at radius 3 is 1.96 bits per heavy atom. The molecule has 134 valence electrons. The van der Waals surface area contributed by atoms with Gasteiger partial charge >= 0.3 is 0 Å². The molecule has 0 amide bonds. The molecule has 0 spiro atoms. The molecule has 6 rings (SSSR count). The lowest BCUT2D eigenvalue weighted by atomic mass is 10.1. The van der Waals surface area contributed by atoms with Crippen molar-refractivity contribution < 1.29 is 0 Å². The van der Waals surface area contributed by atoms with Gasteiger partial charge in [0, 0.05) is 52.2 Å². The minimum Gasteiger partial charge on any atom is -0.344 e. The average Bonchev–Trinajstić information content (AvgIpc) is 3.20. The van der Waals surface area contributed by atoms with Gasteiger partial charge in [-0.3, -0.25) is 0 Å². The van der Waals surface area contributed by atoms with Crippen molar-refractivity contribution in [3.05, 3.63) is 78.9 Å². The van der Waals surface area contributed by atoms with Crippen LogP contribution in [0.5, 0.6) is 0 Å². The molecule has 0 bridgehead atoms. The van der Waals surface area contributed by atoms with E-state index in [9.17, 15) is 0 Å². The number of hydrogen-bond acceptors (Lipinski definition) is 1. The number of nitrogens with zero attached hydrogens (tertiary/aromatic N) is 3. The summed E-state index contributed by atoms with van der Waals surface area (Å²) in [5.74, 6) is 0. The zero-order valence-electron chi connectivity index (χ0n) is 15.8. The lowest BCUT2D eigenvalue weighted by Crippen LogP contribution is -1.92. The zero-order chi connectivity index (χ0) is 18.8. The van der Waals surface area contributed by atoms with Gasteiger partial charge in [-0.2, -0.15) is 0 Å². The van der Waals surface area contributed by atoms with Crippen molar-refractivity contribution in [3.8, 4) is 11.3 Å². The van der Waals surface area contributed by atoms with E-state index in [1.165, 1.54) is 38.1 Å². The second-order valence-electron chi connectivity index (χ2n) is 7.45. The summed E-state index contributed by atoms with van der Waals surface area (Å²) in [4.78, 5) is 5.03. The van der Waals surface area contributed by atoms with Crippen LogP contribution in [0.15, 0.2) is 78.9 Å². The highest BCUT2D eigenvalue weighted by atomic mass is 15.0. The van der Waals surface area contributed by atoms with Crippen molar-refractivity contribution in [1.29, 1.82) is 0 Å². The van der Waals surface area contributed by atoms with Gasteiger partial charge in [0.05, 0.1) is 11.2 Å². The largest absolute Gasteiger partial charge is 0.344 e. The molecule has 6 aromatic rings. The minimum absolute atomic E-state index is 1.01. The number of pyridine rings is 1. The number of rotatable bonds is 1. The molecule has 3 nitrogen and oxygen atoms in total. The van der Waals surface area contributed by atoms with E-state index >= 15 is 0 Å². The van der Waals surface area contributed by atoms with Crippen LogP contribution in [0.4, 0.5) is 0 Å². The van der Waals surface area contributed by atoms with E-state index in [4.69, 9.17) is 4.98 Å². The number of para-hydroxylation sites is 2. The number of fused-ring (bicyclic) bond motifs is 6. The van der Waals surface area contributed by atoms with E-state index in [2.05, 4.69) is 102 Å². The van der Waals surface area contributed by atoms with Crippen molar-refractivity contribution >= 4 is 43.7 Å². The molecule has 3 aromatic heterocycles. The first-order valence-corrected chi connectivity index (χ1v) is 9.54. The number of aromatic nitrogens is 3. The molecule has 0 saturated heterocycles. The Kier molecular flexibility index (Phi) is 3.01. The van der Waals surface area contributed by atoms with E-state index in [1.807, 2.05) is 0 Å². The monoisotopic (exact) mass is 361 g/mol. The lowest BCUT2D eigenvalue weighted by molar-refractivity contribution is 0.990. The topological polar surface area (TPSA) is 22.8 Å². The summed E-state index contributed by atoms with van der Waals surface area (Å²) in [5.41, 5.74) is 6.88. The third-order valence-electron chi connectivity index (χ3n) is 5.96. The maximum Gasteiger partial charge on any atom is 0.141 e. The standard InChI is InChI=1S/C25H19N3/c1-27-22-9-5-3-7-17(22)19-12-11-16(15-24(19)27)21-14-13-20-18-8-4-6-10-23(18)28(2)25(20)26-21/h3-15H,1-2H3. The first-order valence-electron chi connectivity index (χ1n) is 9.54. The van der Waals surface area contributed by atoms with Gasteiger partial charge in [-0.05, 0) is 30.3 Å². The fourth-order valence-electron chi connectivity index (χ4n) is 4.50. The number of aryl methyl sites for hydroxylation is 2. The molecule has 0 N–H and O–H groups in total. The van der Waals surface area contributed by atoms with Gasteiger partial charge in [0.15, 0.2) is 0 Å². The summed E-state index contributed by atoms with van der Waals surface area (Å²) in [6.45, 7) is 0. The Bertz CT molecular complexity index is 1410. The van der Waals surface area contributed by atoms with Crippen LogP contribution in [-0.4, -0.2) is 14.1 Å². The maximum atomic E-state index is 5.03. The highest BCUT2D eigenvalue weighted by Gasteiger charge is 2.12. The molecule has 0 atom stereocenters. The molecule has 0 aliphatic carbocycles. The Labute approximate surface area is 162 Å². The molecule has 3 aromatic carbocycles. The summed E-state index contributed by atoms with van der Waals surface area (Å²) in [6.07, 6.45) is 0. The Hall–Kier alpha value is -3.59. The first-order chi connectivity index (χ1) is 13.7. The second-order valence-corrected chi connectivity index (χ2v) is 7.45. The molecule has 3 heterocycles. The highest BCUT2D eigenvalue weighted by molar-refractivity contribution is 6.09. The van der Waals surface area contributed by atoms with Crippen LogP contribution in [0.3, 0.4) is 0 Å². The van der Waals surface area contributed by atoms with E-state index in [-0.39, 0.29) is 0 Å². The van der Waals surface area contributed by atoms with Crippen LogP contribution < -0.4 is 0 Å². The second kappa shape index (κ2) is 5.46. The lowest BCUT2D eigenvalue weighted by Gasteiger charge is -2.05. The third-order valence-corrected chi connectivity index (χ3v) is 5.96. The van der Waals surface area contributed by atoms with Crippen LogP contribution >= 0.6 is 0 Å². The van der Waals surface area contributed by atoms with E-state index in [0.717, 1.165) is 16.9 Å². The van der Waals surface area contributed by atoms with Crippen molar-refractivity contribution in [1.82, 2.24) is 14.1 Å². The van der Waals surface area contributed by atoms with Gasteiger partial charge in [-0.25, -0.2) is 4.98 Å². The summed E-state index contributed by atoms with van der Waals surface area (Å²) >= 11 is 0. The minimum atomic E-state index is 1.01. The summed E-state index contributed by atoms with van der Waals surface area (Å²) in [6, 6.07) is 28.1. The Morgan fingerprint density at radius 1 is 0.571 bits per heavy atom. The molecular weight excluding hydrogens is 342 g/mol. The molecule has 0 saturated carbocycles. The molecule has 0 fully saturated rings. The van der Waals surface area contributed by atoms with Crippen LogP contribution in [0.1, 0.15) is 0 Å². The molecule has 0 unspecified atom stereocenters. The van der Waals surface area contributed by atoms with Gasteiger partial charge in [0.25, 0.3) is 0 Å². The van der Waals surface area contributed by atoms with E-state index in [1.54, 1.807) is 0 Å². The third kappa shape index (κ3) is 1.96. The quantitative estimate of drug-likeness (QED) is 0.350. The van der Waals surface area contributed by atoms with Gasteiger partial charge in [-0.1, -0.05) is 48.5 Å². The van der Waals surface area contributed by atoms with Crippen molar-refractivity contribution in [2.45, 2.75) is 0 Å². The van der Waals surface area contributed by atoms with Crippen molar-refractivity contribution in [3.63, 3.8) is 0 Å². The highest BCUT2D eigenvalue weighted by Crippen LogP contribution is 2.33. The van der Waals surface area contributed by atoms with Gasteiger partial charge in [0.2, 0.25) is 0 Å². The summed E-state index contributed by atoms with van der Waals surface area (Å²) in [5, 5.41) is 5.03. The van der Waals surface area contributed by atoms with Crippen LogP contribution in [0.25, 0.3) is 55.0 Å². The summed E-state index contributed by atoms with van der Waals surface area (Å²) < 4.78 is 4.45. The molecular formula is C25H19N3. The van der Waals surface area contributed by atoms with Gasteiger partial charge < -0.3 is 9.13 Å². The van der Waals surface area contributed by atoms with Crippen LogP contribution in [0, 0.1) is 0 Å². The molecule has 0 aliphatic heterocycles. The van der Waals surface area contributed by atoms with Gasteiger partial charge in [-0.15, -0.1) is 0 Å². The van der Waals surface area contributed by atoms with E-state index in [0.29, 0.717) is 0 Å². The SMILES string of the molecule is Cn1c2ccccc2c2ccc(-c3ccc4c5ccccc5n(C)c4n3)cc21. The molecule has 0 aliphatic rings. The fourth-order valence-corrected chi connectivity index (χ4v) is 4.50. The zero-order valence-corrected chi connectivity index (χ0v) is 15.8. The Balaban J connectivity index is 1.61. The van der Waals surface area contributed by atoms with Crippen molar-refractivity contribution in [2.75, 3.05) is 0 Å². The predicted molar refractivity (Wildman–Crippen MR) is 118 cm³/mol. The molecule has 3 heteroatoms. The average molecular weight is 361 g/mol. The number of benzene rings is 3. The fraction of sp³-hybridized carbons (Fsp3) is 0.0800. The smallest absolute Gasteiger partial charge is 0.141 e. The molecule has 0 radical (unpaired) electrons. The van der Waals surface area contributed by atoms with Crippen LogP contribution in [-0.2, 0) is 14.1 Å². The summed E-state index contributed by atoms with van der Waals surface area (Å²) in [7, 11) is 4.23. The Morgan fingerprint density at radius 2 is 1.18 bits per heavy atom. The normalized spacial score (nSPS) is 11.9. The van der Waals surface area contributed by atoms with E-state index < -0.39 is 0 Å². The van der Waals surface area contributed by atoms with Crippen molar-refractivity contribution in [2.24, 2.45) is 14.1 Å². The maximum absolute atomic E-state index is 5.03. The molecule has 28 heavy (non-hydrogen) atoms.